The van der Waals surface area contributed by atoms with E-state index >= 15 is 0 Å². The third-order valence-electron chi connectivity index (χ3n) is 3.27. The molecule has 0 aliphatic heterocycles. The van der Waals surface area contributed by atoms with E-state index in [1.807, 2.05) is 0 Å². The summed E-state index contributed by atoms with van der Waals surface area (Å²) in [6, 6.07) is 6.77. The van der Waals surface area contributed by atoms with Crippen molar-refractivity contribution in [2.75, 3.05) is 5.32 Å². The molecule has 0 spiro atoms. The number of carboxylic acid groups (broad SMARTS) is 1. The number of aromatic amines is 1. The molecular formula is C15H16N2O4. The van der Waals surface area contributed by atoms with Crippen molar-refractivity contribution < 1.29 is 19.8 Å². The maximum absolute atomic E-state index is 12.3. The SMILES string of the molecule is Cc1[nH]c(C(=O)O)c(C)c1C(=O)Nc1ccc(CO)cc1. The van der Waals surface area contributed by atoms with Crippen LogP contribution < -0.4 is 5.32 Å². The van der Waals surface area contributed by atoms with Crippen molar-refractivity contribution in [1.29, 1.82) is 0 Å². The second kappa shape index (κ2) is 5.80. The number of rotatable bonds is 4. The summed E-state index contributed by atoms with van der Waals surface area (Å²) in [6.07, 6.45) is 0. The first-order valence-corrected chi connectivity index (χ1v) is 6.37. The molecule has 1 amide bonds. The van der Waals surface area contributed by atoms with Gasteiger partial charge in [0.05, 0.1) is 12.2 Å². The Hall–Kier alpha value is -2.60. The van der Waals surface area contributed by atoms with Crippen LogP contribution in [-0.2, 0) is 6.61 Å². The second-order valence-corrected chi connectivity index (χ2v) is 4.74. The maximum atomic E-state index is 12.3. The van der Waals surface area contributed by atoms with Gasteiger partial charge in [-0.1, -0.05) is 12.1 Å². The summed E-state index contributed by atoms with van der Waals surface area (Å²) in [7, 11) is 0. The number of aliphatic hydroxyl groups is 1. The molecule has 0 fully saturated rings. The van der Waals surface area contributed by atoms with Gasteiger partial charge in [0, 0.05) is 11.4 Å². The van der Waals surface area contributed by atoms with Gasteiger partial charge in [-0.15, -0.1) is 0 Å². The van der Waals surface area contributed by atoms with Crippen LogP contribution in [0.25, 0.3) is 0 Å². The van der Waals surface area contributed by atoms with Crippen LogP contribution in [0.2, 0.25) is 0 Å². The van der Waals surface area contributed by atoms with Crippen LogP contribution in [0.4, 0.5) is 5.69 Å². The van der Waals surface area contributed by atoms with E-state index in [4.69, 9.17) is 10.2 Å². The van der Waals surface area contributed by atoms with Crippen LogP contribution in [-0.4, -0.2) is 27.1 Å². The minimum absolute atomic E-state index is 0.0216. The molecule has 0 saturated heterocycles. The van der Waals surface area contributed by atoms with Gasteiger partial charge in [-0.3, -0.25) is 4.79 Å². The molecule has 0 aliphatic carbocycles. The van der Waals surface area contributed by atoms with E-state index in [9.17, 15) is 9.59 Å². The van der Waals surface area contributed by atoms with E-state index in [1.165, 1.54) is 0 Å². The number of H-pyrrole nitrogens is 1. The number of carboxylic acids is 1. The Balaban J connectivity index is 2.26. The van der Waals surface area contributed by atoms with Crippen molar-refractivity contribution >= 4 is 17.6 Å². The molecule has 110 valence electrons. The van der Waals surface area contributed by atoms with Crippen LogP contribution in [0.3, 0.4) is 0 Å². The van der Waals surface area contributed by atoms with E-state index in [0.717, 1.165) is 5.56 Å². The fourth-order valence-electron chi connectivity index (χ4n) is 2.19. The minimum atomic E-state index is -1.10. The molecule has 0 radical (unpaired) electrons. The summed E-state index contributed by atoms with van der Waals surface area (Å²) in [5, 5.41) is 20.7. The molecule has 4 N–H and O–H groups in total. The number of carbonyl (C=O) groups excluding carboxylic acids is 1. The molecule has 21 heavy (non-hydrogen) atoms. The van der Waals surface area contributed by atoms with Crippen molar-refractivity contribution in [3.05, 3.63) is 52.3 Å². The second-order valence-electron chi connectivity index (χ2n) is 4.74. The van der Waals surface area contributed by atoms with Crippen LogP contribution >= 0.6 is 0 Å². The van der Waals surface area contributed by atoms with Gasteiger partial charge in [-0.05, 0) is 37.1 Å². The number of anilines is 1. The Kier molecular flexibility index (Phi) is 4.09. The fourth-order valence-corrected chi connectivity index (χ4v) is 2.19. The summed E-state index contributed by atoms with van der Waals surface area (Å²) in [5.41, 5.74) is 2.59. The summed E-state index contributed by atoms with van der Waals surface area (Å²) < 4.78 is 0. The molecule has 1 aromatic carbocycles. The Morgan fingerprint density at radius 2 is 1.81 bits per heavy atom. The molecule has 0 aliphatic rings. The normalized spacial score (nSPS) is 10.4. The summed E-state index contributed by atoms with van der Waals surface area (Å²) >= 11 is 0. The number of amides is 1. The van der Waals surface area contributed by atoms with E-state index < -0.39 is 5.97 Å². The number of aliphatic hydroxyl groups excluding tert-OH is 1. The lowest BCUT2D eigenvalue weighted by molar-refractivity contribution is 0.0690. The standard InChI is InChI=1S/C15H16N2O4/c1-8-12(9(2)16-13(8)15(20)21)14(19)17-11-5-3-10(7-18)4-6-11/h3-6,16,18H,7H2,1-2H3,(H,17,19)(H,20,21). The van der Waals surface area contributed by atoms with Gasteiger partial charge in [-0.25, -0.2) is 4.79 Å². The first kappa shape index (κ1) is 14.8. The van der Waals surface area contributed by atoms with Crippen LogP contribution in [0.15, 0.2) is 24.3 Å². The number of hydrogen-bond donors (Lipinski definition) is 4. The van der Waals surface area contributed by atoms with Gasteiger partial charge in [0.2, 0.25) is 0 Å². The third kappa shape index (κ3) is 2.95. The average Bonchev–Trinajstić information content (AvgIpc) is 2.75. The quantitative estimate of drug-likeness (QED) is 0.691. The highest BCUT2D eigenvalue weighted by Crippen LogP contribution is 2.20. The monoisotopic (exact) mass is 288 g/mol. The highest BCUT2D eigenvalue weighted by atomic mass is 16.4. The molecule has 1 heterocycles. The van der Waals surface area contributed by atoms with E-state index in [0.29, 0.717) is 22.5 Å². The topological polar surface area (TPSA) is 102 Å². The zero-order valence-corrected chi connectivity index (χ0v) is 11.7. The largest absolute Gasteiger partial charge is 0.477 e. The van der Waals surface area contributed by atoms with Crippen molar-refractivity contribution in [2.24, 2.45) is 0 Å². The van der Waals surface area contributed by atoms with Gasteiger partial charge in [0.1, 0.15) is 5.69 Å². The van der Waals surface area contributed by atoms with Crippen molar-refractivity contribution in [3.63, 3.8) is 0 Å². The number of hydrogen-bond acceptors (Lipinski definition) is 3. The first-order chi connectivity index (χ1) is 9.93. The lowest BCUT2D eigenvalue weighted by Crippen LogP contribution is -2.14. The average molecular weight is 288 g/mol. The molecular weight excluding hydrogens is 272 g/mol. The van der Waals surface area contributed by atoms with Crippen LogP contribution in [0, 0.1) is 13.8 Å². The summed E-state index contributed by atoms with van der Waals surface area (Å²) in [4.78, 5) is 26.0. The van der Waals surface area contributed by atoms with Crippen molar-refractivity contribution in [3.8, 4) is 0 Å². The summed E-state index contributed by atoms with van der Waals surface area (Å²) in [6.45, 7) is 3.19. The first-order valence-electron chi connectivity index (χ1n) is 6.37. The third-order valence-corrected chi connectivity index (χ3v) is 3.27. The molecule has 0 saturated carbocycles. The van der Waals surface area contributed by atoms with Crippen LogP contribution in [0.1, 0.15) is 37.7 Å². The van der Waals surface area contributed by atoms with Crippen molar-refractivity contribution in [1.82, 2.24) is 4.98 Å². The molecule has 6 nitrogen and oxygen atoms in total. The molecule has 0 unspecified atom stereocenters. The molecule has 0 atom stereocenters. The Morgan fingerprint density at radius 3 is 2.29 bits per heavy atom. The Morgan fingerprint density at radius 1 is 1.19 bits per heavy atom. The molecule has 0 bridgehead atoms. The highest BCUT2D eigenvalue weighted by molar-refractivity contribution is 6.08. The predicted octanol–water partition coefficient (Wildman–Crippen LogP) is 2.07. The smallest absolute Gasteiger partial charge is 0.352 e. The van der Waals surface area contributed by atoms with E-state index in [-0.39, 0.29) is 18.2 Å². The molecule has 2 rings (SSSR count). The van der Waals surface area contributed by atoms with Crippen molar-refractivity contribution in [2.45, 2.75) is 20.5 Å². The van der Waals surface area contributed by atoms with Gasteiger partial charge in [0.15, 0.2) is 0 Å². The lowest BCUT2D eigenvalue weighted by Gasteiger charge is -2.06. The van der Waals surface area contributed by atoms with E-state index in [1.54, 1.807) is 38.1 Å². The minimum Gasteiger partial charge on any atom is -0.477 e. The van der Waals surface area contributed by atoms with Crippen LogP contribution in [0.5, 0.6) is 0 Å². The number of aryl methyl sites for hydroxylation is 1. The zero-order valence-electron chi connectivity index (χ0n) is 11.7. The number of aromatic nitrogens is 1. The molecule has 2 aromatic rings. The Labute approximate surface area is 121 Å². The van der Waals surface area contributed by atoms with Gasteiger partial charge >= 0.3 is 5.97 Å². The highest BCUT2D eigenvalue weighted by Gasteiger charge is 2.21. The number of nitrogens with one attached hydrogen (secondary N) is 2. The summed E-state index contributed by atoms with van der Waals surface area (Å²) in [5.74, 6) is -1.47. The Bertz CT molecular complexity index is 686. The van der Waals surface area contributed by atoms with E-state index in [2.05, 4.69) is 10.3 Å². The number of aromatic carboxylic acids is 1. The lowest BCUT2D eigenvalue weighted by atomic mass is 10.1. The van der Waals surface area contributed by atoms with Gasteiger partial charge < -0.3 is 20.5 Å². The van der Waals surface area contributed by atoms with Gasteiger partial charge in [-0.2, -0.15) is 0 Å². The molecule has 1 aromatic heterocycles. The zero-order chi connectivity index (χ0) is 15.6. The predicted molar refractivity (Wildman–Crippen MR) is 77.5 cm³/mol. The maximum Gasteiger partial charge on any atom is 0.352 e. The molecule has 6 heteroatoms. The fraction of sp³-hybridized carbons (Fsp3) is 0.200. The van der Waals surface area contributed by atoms with Gasteiger partial charge in [0.25, 0.3) is 5.91 Å². The number of carbonyl (C=O) groups is 2. The number of benzene rings is 1.